The zero-order chi connectivity index (χ0) is 12.3. The van der Waals surface area contributed by atoms with Gasteiger partial charge in [0.1, 0.15) is 5.75 Å². The summed E-state index contributed by atoms with van der Waals surface area (Å²) in [4.78, 5) is 13.2. The molecule has 3 heteroatoms. The van der Waals surface area contributed by atoms with Crippen LogP contribution in [0.4, 0.5) is 0 Å². The molecule has 0 spiro atoms. The molecule has 0 aromatic heterocycles. The van der Waals surface area contributed by atoms with Gasteiger partial charge >= 0.3 is 0 Å². The highest BCUT2D eigenvalue weighted by molar-refractivity contribution is 5.80. The second kappa shape index (κ2) is 5.01. The quantitative estimate of drug-likeness (QED) is 0.782. The Morgan fingerprint density at radius 2 is 1.94 bits per heavy atom. The normalized spacial score (nSPS) is 12.1. The summed E-state index contributed by atoms with van der Waals surface area (Å²) in [6, 6.07) is 5.85. The first-order chi connectivity index (χ1) is 7.43. The fourth-order valence-electron chi connectivity index (χ4n) is 1.46. The van der Waals surface area contributed by atoms with E-state index in [0.29, 0.717) is 0 Å². The van der Waals surface area contributed by atoms with E-state index in [2.05, 4.69) is 0 Å². The van der Waals surface area contributed by atoms with Crippen LogP contribution in [-0.2, 0) is 4.79 Å². The van der Waals surface area contributed by atoms with E-state index >= 15 is 0 Å². The third-order valence-electron chi connectivity index (χ3n) is 2.65. The summed E-state index contributed by atoms with van der Waals surface area (Å²) in [5.41, 5.74) is 2.25. The Hall–Kier alpha value is -1.51. The summed E-state index contributed by atoms with van der Waals surface area (Å²) < 4.78 is 5.66. The molecular weight excluding hydrogens is 202 g/mol. The van der Waals surface area contributed by atoms with Crippen molar-refractivity contribution in [1.82, 2.24) is 4.90 Å². The molecular formula is C13H19NO2. The lowest BCUT2D eigenvalue weighted by Crippen LogP contribution is -2.35. The van der Waals surface area contributed by atoms with Gasteiger partial charge in [-0.2, -0.15) is 0 Å². The van der Waals surface area contributed by atoms with Crippen LogP contribution >= 0.6 is 0 Å². The van der Waals surface area contributed by atoms with E-state index in [4.69, 9.17) is 4.74 Å². The molecule has 0 fully saturated rings. The van der Waals surface area contributed by atoms with Gasteiger partial charge in [-0.15, -0.1) is 0 Å². The predicted octanol–water partition coefficient (Wildman–Crippen LogP) is 2.16. The van der Waals surface area contributed by atoms with Crippen molar-refractivity contribution in [1.29, 1.82) is 0 Å². The molecule has 88 valence electrons. The van der Waals surface area contributed by atoms with E-state index < -0.39 is 6.10 Å². The van der Waals surface area contributed by atoms with Crippen molar-refractivity contribution in [3.63, 3.8) is 0 Å². The van der Waals surface area contributed by atoms with Crippen molar-refractivity contribution in [3.8, 4) is 5.75 Å². The zero-order valence-corrected chi connectivity index (χ0v) is 10.6. The van der Waals surface area contributed by atoms with Crippen molar-refractivity contribution < 1.29 is 9.53 Å². The first-order valence-corrected chi connectivity index (χ1v) is 5.37. The van der Waals surface area contributed by atoms with E-state index in [1.807, 2.05) is 32.0 Å². The Labute approximate surface area is 97.0 Å². The van der Waals surface area contributed by atoms with Gasteiger partial charge in [0.25, 0.3) is 5.91 Å². The Balaban J connectivity index is 2.81. The molecule has 1 aromatic carbocycles. The Bertz CT molecular complexity index is 386. The van der Waals surface area contributed by atoms with Crippen LogP contribution in [0, 0.1) is 13.8 Å². The number of carbonyl (C=O) groups is 1. The van der Waals surface area contributed by atoms with Gasteiger partial charge in [-0.25, -0.2) is 0 Å². The second-order valence-corrected chi connectivity index (χ2v) is 4.19. The van der Waals surface area contributed by atoms with Crippen LogP contribution in [0.1, 0.15) is 18.1 Å². The molecule has 16 heavy (non-hydrogen) atoms. The second-order valence-electron chi connectivity index (χ2n) is 4.19. The lowest BCUT2D eigenvalue weighted by Gasteiger charge is -2.19. The Morgan fingerprint density at radius 1 is 1.31 bits per heavy atom. The minimum Gasteiger partial charge on any atom is -0.481 e. The average molecular weight is 221 g/mol. The fourth-order valence-corrected chi connectivity index (χ4v) is 1.46. The van der Waals surface area contributed by atoms with Crippen molar-refractivity contribution in [3.05, 3.63) is 29.3 Å². The number of nitrogens with zero attached hydrogens (tertiary/aromatic N) is 1. The fraction of sp³-hybridized carbons (Fsp3) is 0.462. The molecule has 1 aromatic rings. The van der Waals surface area contributed by atoms with Gasteiger partial charge in [-0.1, -0.05) is 12.1 Å². The minimum atomic E-state index is -0.449. The lowest BCUT2D eigenvalue weighted by atomic mass is 10.1. The maximum atomic E-state index is 11.6. The van der Waals surface area contributed by atoms with Crippen molar-refractivity contribution in [2.24, 2.45) is 0 Å². The molecule has 0 radical (unpaired) electrons. The highest BCUT2D eigenvalue weighted by atomic mass is 16.5. The predicted molar refractivity (Wildman–Crippen MR) is 64.7 cm³/mol. The van der Waals surface area contributed by atoms with Crippen LogP contribution in [0.2, 0.25) is 0 Å². The van der Waals surface area contributed by atoms with Crippen LogP contribution in [0.5, 0.6) is 5.75 Å². The number of aryl methyl sites for hydroxylation is 1. The van der Waals surface area contributed by atoms with Crippen molar-refractivity contribution in [2.75, 3.05) is 14.1 Å². The zero-order valence-electron chi connectivity index (χ0n) is 10.6. The van der Waals surface area contributed by atoms with E-state index in [0.717, 1.165) is 11.3 Å². The summed E-state index contributed by atoms with van der Waals surface area (Å²) in [6.45, 7) is 5.79. The lowest BCUT2D eigenvalue weighted by molar-refractivity contribution is -0.135. The number of rotatable bonds is 3. The molecule has 3 nitrogen and oxygen atoms in total. The van der Waals surface area contributed by atoms with Gasteiger partial charge in [0.05, 0.1) is 0 Å². The van der Waals surface area contributed by atoms with Gasteiger partial charge in [0, 0.05) is 14.1 Å². The number of amides is 1. The minimum absolute atomic E-state index is 0.0269. The van der Waals surface area contributed by atoms with E-state index in [-0.39, 0.29) is 5.91 Å². The molecule has 0 heterocycles. The topological polar surface area (TPSA) is 29.5 Å². The number of hydrogen-bond acceptors (Lipinski definition) is 2. The van der Waals surface area contributed by atoms with Crippen molar-refractivity contribution in [2.45, 2.75) is 26.9 Å². The van der Waals surface area contributed by atoms with E-state index in [1.54, 1.807) is 21.0 Å². The van der Waals surface area contributed by atoms with Crippen LogP contribution in [0.15, 0.2) is 18.2 Å². The van der Waals surface area contributed by atoms with Crippen LogP contribution in [0.3, 0.4) is 0 Å². The smallest absolute Gasteiger partial charge is 0.262 e. The maximum absolute atomic E-state index is 11.6. The number of hydrogen-bond donors (Lipinski definition) is 0. The first-order valence-electron chi connectivity index (χ1n) is 5.37. The van der Waals surface area contributed by atoms with Crippen LogP contribution in [0.25, 0.3) is 0 Å². The highest BCUT2D eigenvalue weighted by Crippen LogP contribution is 2.21. The molecule has 0 saturated carbocycles. The number of ether oxygens (including phenoxy) is 1. The summed E-state index contributed by atoms with van der Waals surface area (Å²) >= 11 is 0. The van der Waals surface area contributed by atoms with Gasteiger partial charge in [0.2, 0.25) is 0 Å². The molecule has 0 aliphatic heterocycles. The molecule has 0 N–H and O–H groups in total. The molecule has 1 atom stereocenters. The Kier molecular flexibility index (Phi) is 3.93. The standard InChI is InChI=1S/C13H19NO2/c1-9-7-6-8-12(10(9)2)16-11(3)13(15)14(4)5/h6-8,11H,1-5H3. The van der Waals surface area contributed by atoms with Gasteiger partial charge in [-0.3, -0.25) is 4.79 Å². The molecule has 0 saturated heterocycles. The number of benzene rings is 1. The summed E-state index contributed by atoms with van der Waals surface area (Å²) in [5, 5.41) is 0. The third-order valence-corrected chi connectivity index (χ3v) is 2.65. The molecule has 0 bridgehead atoms. The summed E-state index contributed by atoms with van der Waals surface area (Å²) in [7, 11) is 3.45. The third kappa shape index (κ3) is 2.75. The average Bonchev–Trinajstić information content (AvgIpc) is 2.23. The highest BCUT2D eigenvalue weighted by Gasteiger charge is 2.17. The summed E-state index contributed by atoms with van der Waals surface area (Å²) in [6.07, 6.45) is -0.449. The molecule has 1 amide bonds. The largest absolute Gasteiger partial charge is 0.481 e. The monoisotopic (exact) mass is 221 g/mol. The molecule has 1 unspecified atom stereocenters. The number of likely N-dealkylation sites (N-methyl/N-ethyl adjacent to an activating group) is 1. The Morgan fingerprint density at radius 3 is 2.50 bits per heavy atom. The van der Waals surface area contributed by atoms with E-state index in [9.17, 15) is 4.79 Å². The number of carbonyl (C=O) groups excluding carboxylic acids is 1. The molecule has 1 rings (SSSR count). The van der Waals surface area contributed by atoms with Gasteiger partial charge in [0.15, 0.2) is 6.10 Å². The van der Waals surface area contributed by atoms with Crippen LogP contribution in [-0.4, -0.2) is 31.0 Å². The van der Waals surface area contributed by atoms with Gasteiger partial charge < -0.3 is 9.64 Å². The SMILES string of the molecule is Cc1cccc(OC(C)C(=O)N(C)C)c1C. The van der Waals surface area contributed by atoms with Crippen molar-refractivity contribution >= 4 is 5.91 Å². The maximum Gasteiger partial charge on any atom is 0.262 e. The summed E-state index contributed by atoms with van der Waals surface area (Å²) in [5.74, 6) is 0.753. The van der Waals surface area contributed by atoms with E-state index in [1.165, 1.54) is 10.5 Å². The molecule has 0 aliphatic carbocycles. The van der Waals surface area contributed by atoms with Crippen LogP contribution < -0.4 is 4.74 Å². The molecule has 0 aliphatic rings. The first kappa shape index (κ1) is 12.6. The van der Waals surface area contributed by atoms with Gasteiger partial charge in [-0.05, 0) is 38.0 Å².